The van der Waals surface area contributed by atoms with Gasteiger partial charge in [0.15, 0.2) is 0 Å². The summed E-state index contributed by atoms with van der Waals surface area (Å²) in [6.07, 6.45) is 2.44. The molecule has 2 N–H and O–H groups in total. The Morgan fingerprint density at radius 3 is 3.00 bits per heavy atom. The van der Waals surface area contributed by atoms with Crippen LogP contribution in [-0.2, 0) is 0 Å². The van der Waals surface area contributed by atoms with Gasteiger partial charge in [0.1, 0.15) is 5.82 Å². The molecule has 0 atom stereocenters. The third kappa shape index (κ3) is 2.87. The second kappa shape index (κ2) is 5.17. The van der Waals surface area contributed by atoms with Crippen LogP contribution < -0.4 is 5.32 Å². The Labute approximate surface area is 112 Å². The van der Waals surface area contributed by atoms with E-state index in [-0.39, 0.29) is 5.82 Å². The van der Waals surface area contributed by atoms with Gasteiger partial charge >= 0.3 is 0 Å². The first-order valence-electron chi connectivity index (χ1n) is 6.78. The van der Waals surface area contributed by atoms with E-state index in [2.05, 4.69) is 27.2 Å². The molecule has 3 rings (SSSR count). The lowest BCUT2D eigenvalue weighted by Crippen LogP contribution is -2.33. The Balaban J connectivity index is 1.62. The summed E-state index contributed by atoms with van der Waals surface area (Å²) in [5, 5.41) is 3.33. The van der Waals surface area contributed by atoms with Crippen LogP contribution >= 0.6 is 0 Å². The fourth-order valence-electron chi connectivity index (χ4n) is 2.57. The van der Waals surface area contributed by atoms with Crippen LogP contribution in [0.25, 0.3) is 11.0 Å². The van der Waals surface area contributed by atoms with Crippen molar-refractivity contribution in [2.45, 2.75) is 12.8 Å². The second-order valence-corrected chi connectivity index (χ2v) is 5.37. The van der Waals surface area contributed by atoms with Crippen molar-refractivity contribution in [1.29, 1.82) is 0 Å². The lowest BCUT2D eigenvalue weighted by Gasteiger charge is -2.28. The first kappa shape index (κ1) is 12.4. The van der Waals surface area contributed by atoms with Crippen LogP contribution in [0.2, 0.25) is 0 Å². The lowest BCUT2D eigenvalue weighted by molar-refractivity contribution is 0.226. The molecule has 4 nitrogen and oxygen atoms in total. The number of H-pyrrole nitrogens is 1. The number of rotatable bonds is 3. The van der Waals surface area contributed by atoms with Gasteiger partial charge in [-0.05, 0) is 57.1 Å². The van der Waals surface area contributed by atoms with E-state index in [1.165, 1.54) is 25.0 Å². The Kier molecular flexibility index (Phi) is 3.38. The predicted octanol–water partition coefficient (Wildman–Crippen LogP) is 2.46. The highest BCUT2D eigenvalue weighted by Gasteiger charge is 2.16. The van der Waals surface area contributed by atoms with E-state index in [9.17, 15) is 4.39 Å². The number of benzene rings is 1. The predicted molar refractivity (Wildman–Crippen MR) is 74.8 cm³/mol. The Morgan fingerprint density at radius 1 is 1.42 bits per heavy atom. The van der Waals surface area contributed by atoms with Gasteiger partial charge in [-0.25, -0.2) is 9.37 Å². The molecule has 19 heavy (non-hydrogen) atoms. The molecule has 1 fully saturated rings. The summed E-state index contributed by atoms with van der Waals surface area (Å²) in [5.74, 6) is 1.19. The van der Waals surface area contributed by atoms with Crippen molar-refractivity contribution < 1.29 is 4.39 Å². The monoisotopic (exact) mass is 262 g/mol. The van der Waals surface area contributed by atoms with Crippen LogP contribution in [0.3, 0.4) is 0 Å². The molecule has 0 bridgehead atoms. The number of hydrogen-bond acceptors (Lipinski definition) is 3. The van der Waals surface area contributed by atoms with Gasteiger partial charge in [-0.3, -0.25) is 0 Å². The minimum absolute atomic E-state index is 0.238. The summed E-state index contributed by atoms with van der Waals surface area (Å²) in [4.78, 5) is 9.88. The normalized spacial score (nSPS) is 18.0. The number of piperidine rings is 1. The first-order chi connectivity index (χ1) is 9.20. The summed E-state index contributed by atoms with van der Waals surface area (Å²) < 4.78 is 13.1. The number of likely N-dealkylation sites (tertiary alicyclic amines) is 1. The molecule has 1 aromatic heterocycles. The van der Waals surface area contributed by atoms with E-state index >= 15 is 0 Å². The standard InChI is InChI=1S/C14H19FN4/c1-19-6-4-10(5-7-19)9-16-14-17-12-3-2-11(15)8-13(12)18-14/h2-3,8,10H,4-7,9H2,1H3,(H2,16,17,18). The third-order valence-corrected chi connectivity index (χ3v) is 3.84. The molecule has 102 valence electrons. The van der Waals surface area contributed by atoms with Gasteiger partial charge in [0.25, 0.3) is 0 Å². The number of hydrogen-bond donors (Lipinski definition) is 2. The Morgan fingerprint density at radius 2 is 2.21 bits per heavy atom. The fraction of sp³-hybridized carbons (Fsp3) is 0.500. The number of halogens is 1. The molecule has 2 heterocycles. The maximum atomic E-state index is 13.1. The van der Waals surface area contributed by atoms with E-state index in [1.54, 1.807) is 6.07 Å². The largest absolute Gasteiger partial charge is 0.356 e. The zero-order valence-corrected chi connectivity index (χ0v) is 11.1. The number of imidazole rings is 1. The summed E-state index contributed by atoms with van der Waals surface area (Å²) >= 11 is 0. The molecule has 1 aliphatic rings. The minimum Gasteiger partial charge on any atom is -0.356 e. The van der Waals surface area contributed by atoms with Gasteiger partial charge in [-0.1, -0.05) is 0 Å². The highest BCUT2D eigenvalue weighted by Crippen LogP contribution is 2.18. The Bertz CT molecular complexity index is 558. The van der Waals surface area contributed by atoms with Gasteiger partial charge < -0.3 is 15.2 Å². The van der Waals surface area contributed by atoms with Crippen LogP contribution in [0.4, 0.5) is 10.3 Å². The molecule has 2 aromatic rings. The molecule has 0 saturated carbocycles. The van der Waals surface area contributed by atoms with Crippen molar-refractivity contribution in [1.82, 2.24) is 14.9 Å². The van der Waals surface area contributed by atoms with Crippen molar-refractivity contribution in [3.8, 4) is 0 Å². The average Bonchev–Trinajstić information content (AvgIpc) is 2.80. The van der Waals surface area contributed by atoms with E-state index in [0.717, 1.165) is 36.6 Å². The molecule has 1 saturated heterocycles. The molecule has 0 unspecified atom stereocenters. The molecular weight excluding hydrogens is 243 g/mol. The maximum absolute atomic E-state index is 13.1. The minimum atomic E-state index is -0.238. The topological polar surface area (TPSA) is 44.0 Å². The van der Waals surface area contributed by atoms with Crippen molar-refractivity contribution >= 4 is 17.0 Å². The van der Waals surface area contributed by atoms with E-state index < -0.39 is 0 Å². The zero-order chi connectivity index (χ0) is 13.2. The van der Waals surface area contributed by atoms with Crippen molar-refractivity contribution in [3.05, 3.63) is 24.0 Å². The number of nitrogens with one attached hydrogen (secondary N) is 2. The van der Waals surface area contributed by atoms with Crippen LogP contribution in [-0.4, -0.2) is 41.5 Å². The van der Waals surface area contributed by atoms with E-state index in [1.807, 2.05) is 0 Å². The van der Waals surface area contributed by atoms with Crippen LogP contribution in [0.15, 0.2) is 18.2 Å². The summed E-state index contributed by atoms with van der Waals surface area (Å²) in [6, 6.07) is 4.61. The van der Waals surface area contributed by atoms with Gasteiger partial charge in [-0.2, -0.15) is 0 Å². The molecule has 0 amide bonds. The van der Waals surface area contributed by atoms with Gasteiger partial charge in [0.2, 0.25) is 5.95 Å². The smallest absolute Gasteiger partial charge is 0.201 e. The average molecular weight is 262 g/mol. The van der Waals surface area contributed by atoms with Crippen molar-refractivity contribution in [2.75, 3.05) is 32.0 Å². The number of fused-ring (bicyclic) bond motifs is 1. The molecule has 0 radical (unpaired) electrons. The summed E-state index contributed by atoms with van der Waals surface area (Å²) in [6.45, 7) is 3.26. The molecule has 1 aliphatic heterocycles. The highest BCUT2D eigenvalue weighted by atomic mass is 19.1. The maximum Gasteiger partial charge on any atom is 0.201 e. The number of aromatic nitrogens is 2. The summed E-state index contributed by atoms with van der Waals surface area (Å²) in [7, 11) is 2.16. The molecular formula is C14H19FN4. The first-order valence-corrected chi connectivity index (χ1v) is 6.78. The van der Waals surface area contributed by atoms with Crippen molar-refractivity contribution in [2.24, 2.45) is 5.92 Å². The van der Waals surface area contributed by atoms with E-state index in [4.69, 9.17) is 0 Å². The number of aromatic amines is 1. The molecule has 0 aliphatic carbocycles. The lowest BCUT2D eigenvalue weighted by atomic mass is 9.97. The number of nitrogens with zero attached hydrogens (tertiary/aromatic N) is 2. The summed E-state index contributed by atoms with van der Waals surface area (Å²) in [5.41, 5.74) is 1.54. The van der Waals surface area contributed by atoms with Crippen molar-refractivity contribution in [3.63, 3.8) is 0 Å². The zero-order valence-electron chi connectivity index (χ0n) is 11.1. The molecule has 1 aromatic carbocycles. The van der Waals surface area contributed by atoms with Gasteiger partial charge in [0.05, 0.1) is 11.0 Å². The quantitative estimate of drug-likeness (QED) is 0.893. The van der Waals surface area contributed by atoms with Crippen LogP contribution in [0.1, 0.15) is 12.8 Å². The van der Waals surface area contributed by atoms with Gasteiger partial charge in [-0.15, -0.1) is 0 Å². The Hall–Kier alpha value is -1.62. The SMILES string of the molecule is CN1CCC(CNc2nc3ccc(F)cc3[nH]2)CC1. The van der Waals surface area contributed by atoms with E-state index in [0.29, 0.717) is 5.92 Å². The van der Waals surface area contributed by atoms with Gasteiger partial charge in [0, 0.05) is 6.54 Å². The fourth-order valence-corrected chi connectivity index (χ4v) is 2.57. The molecule has 5 heteroatoms. The molecule has 0 spiro atoms. The second-order valence-electron chi connectivity index (χ2n) is 5.37. The number of anilines is 1. The van der Waals surface area contributed by atoms with Crippen LogP contribution in [0, 0.1) is 11.7 Å². The third-order valence-electron chi connectivity index (χ3n) is 3.84. The highest BCUT2D eigenvalue weighted by molar-refractivity contribution is 5.77. The van der Waals surface area contributed by atoms with Crippen LogP contribution in [0.5, 0.6) is 0 Å².